The second-order valence-corrected chi connectivity index (χ2v) is 3.89. The number of hydrogen-bond donors (Lipinski definition) is 1. The predicted molar refractivity (Wildman–Crippen MR) is 46.6 cm³/mol. The highest BCUT2D eigenvalue weighted by atomic mass is 14.5. The van der Waals surface area contributed by atoms with Crippen LogP contribution < -0.4 is 0 Å². The van der Waals surface area contributed by atoms with Crippen LogP contribution >= 0.6 is 0 Å². The van der Waals surface area contributed by atoms with Crippen molar-refractivity contribution < 1.29 is 0 Å². The van der Waals surface area contributed by atoms with E-state index in [0.717, 1.165) is 0 Å². The largest absolute Gasteiger partial charge is 0.305 e. The third kappa shape index (κ3) is 3.44. The van der Waals surface area contributed by atoms with Crippen LogP contribution in [-0.4, -0.2) is 5.71 Å². The van der Waals surface area contributed by atoms with Crippen LogP contribution in [0.2, 0.25) is 0 Å². The molecule has 0 aliphatic carbocycles. The minimum Gasteiger partial charge on any atom is -0.305 e. The summed E-state index contributed by atoms with van der Waals surface area (Å²) in [4.78, 5) is 0. The second-order valence-electron chi connectivity index (χ2n) is 3.89. The fraction of sp³-hybridized carbons (Fsp3) is 0.667. The number of allylic oxidation sites excluding steroid dienone is 2. The third-order valence-electron chi connectivity index (χ3n) is 1.24. The highest BCUT2D eigenvalue weighted by Crippen LogP contribution is 2.16. The molecule has 0 aromatic heterocycles. The van der Waals surface area contributed by atoms with Crippen molar-refractivity contribution in [3.05, 3.63) is 11.6 Å². The normalized spacial score (nSPS) is 10.9. The zero-order chi connectivity index (χ0) is 8.36. The lowest BCUT2D eigenvalue weighted by Gasteiger charge is -2.16. The average Bonchev–Trinajstić information content (AvgIpc) is 1.60. The van der Waals surface area contributed by atoms with Crippen molar-refractivity contribution in [1.82, 2.24) is 0 Å². The maximum absolute atomic E-state index is 7.59. The molecule has 0 saturated carbocycles. The van der Waals surface area contributed by atoms with Gasteiger partial charge in [0.25, 0.3) is 0 Å². The SMILES string of the molecule is CC(C)=CC(=N)C(C)(C)C. The summed E-state index contributed by atoms with van der Waals surface area (Å²) in [6.07, 6.45) is 1.92. The molecule has 0 aromatic carbocycles. The van der Waals surface area contributed by atoms with Crippen molar-refractivity contribution in [2.45, 2.75) is 34.6 Å². The van der Waals surface area contributed by atoms with Crippen LogP contribution in [0.25, 0.3) is 0 Å². The van der Waals surface area contributed by atoms with Crippen molar-refractivity contribution in [1.29, 1.82) is 5.41 Å². The fourth-order valence-corrected chi connectivity index (χ4v) is 0.505. The molecule has 0 atom stereocenters. The molecule has 0 aromatic rings. The summed E-state index contributed by atoms with van der Waals surface area (Å²) in [7, 11) is 0. The monoisotopic (exact) mass is 139 g/mol. The van der Waals surface area contributed by atoms with Gasteiger partial charge >= 0.3 is 0 Å². The molecule has 0 spiro atoms. The lowest BCUT2D eigenvalue weighted by atomic mass is 9.89. The molecule has 1 N–H and O–H groups in total. The minimum atomic E-state index is -0.00271. The molecule has 0 bridgehead atoms. The highest BCUT2D eigenvalue weighted by Gasteiger charge is 2.13. The summed E-state index contributed by atoms with van der Waals surface area (Å²) in [5, 5.41) is 7.59. The first-order valence-electron chi connectivity index (χ1n) is 3.58. The standard InChI is InChI=1S/C9H17N/c1-7(2)6-8(10)9(3,4)5/h6,10H,1-5H3. The fourth-order valence-electron chi connectivity index (χ4n) is 0.505. The van der Waals surface area contributed by atoms with E-state index < -0.39 is 0 Å². The summed E-state index contributed by atoms with van der Waals surface area (Å²) in [6, 6.07) is 0. The van der Waals surface area contributed by atoms with Gasteiger partial charge in [-0.05, 0) is 19.9 Å². The molecule has 0 heterocycles. The van der Waals surface area contributed by atoms with E-state index in [1.54, 1.807) is 0 Å². The summed E-state index contributed by atoms with van der Waals surface area (Å²) in [5.74, 6) is 0. The van der Waals surface area contributed by atoms with E-state index in [2.05, 4.69) is 20.8 Å². The molecule has 0 fully saturated rings. The van der Waals surface area contributed by atoms with E-state index in [9.17, 15) is 0 Å². The van der Waals surface area contributed by atoms with E-state index in [-0.39, 0.29) is 5.41 Å². The molecule has 0 aliphatic heterocycles. The molecule has 1 heteroatoms. The van der Waals surface area contributed by atoms with Crippen LogP contribution in [0.5, 0.6) is 0 Å². The zero-order valence-electron chi connectivity index (χ0n) is 7.58. The van der Waals surface area contributed by atoms with Gasteiger partial charge in [0.05, 0.1) is 0 Å². The van der Waals surface area contributed by atoms with Gasteiger partial charge in [-0.2, -0.15) is 0 Å². The maximum Gasteiger partial charge on any atom is 0.0366 e. The zero-order valence-corrected chi connectivity index (χ0v) is 7.58. The van der Waals surface area contributed by atoms with E-state index in [1.165, 1.54) is 5.57 Å². The van der Waals surface area contributed by atoms with E-state index in [0.29, 0.717) is 5.71 Å². The summed E-state index contributed by atoms with van der Waals surface area (Å²) >= 11 is 0. The summed E-state index contributed by atoms with van der Waals surface area (Å²) in [5.41, 5.74) is 1.89. The number of nitrogens with one attached hydrogen (secondary N) is 1. The molecule has 1 nitrogen and oxygen atoms in total. The van der Waals surface area contributed by atoms with Crippen LogP contribution in [0, 0.1) is 10.8 Å². The minimum absolute atomic E-state index is 0.00271. The molecule has 0 saturated heterocycles. The van der Waals surface area contributed by atoms with Crippen molar-refractivity contribution in [2.24, 2.45) is 5.41 Å². The topological polar surface area (TPSA) is 23.9 Å². The first-order valence-corrected chi connectivity index (χ1v) is 3.58. The lowest BCUT2D eigenvalue weighted by molar-refractivity contribution is 0.590. The Kier molecular flexibility index (Phi) is 2.82. The Labute approximate surface area is 63.7 Å². The molecule has 10 heavy (non-hydrogen) atoms. The van der Waals surface area contributed by atoms with Gasteiger partial charge in [-0.3, -0.25) is 0 Å². The molecule has 0 amide bonds. The molecular formula is C9H17N. The summed E-state index contributed by atoms with van der Waals surface area (Å²) in [6.45, 7) is 10.2. The van der Waals surface area contributed by atoms with Gasteiger partial charge in [-0.15, -0.1) is 0 Å². The Morgan fingerprint density at radius 2 is 1.60 bits per heavy atom. The van der Waals surface area contributed by atoms with E-state index in [1.807, 2.05) is 19.9 Å². The predicted octanol–water partition coefficient (Wildman–Crippen LogP) is 3.02. The molecule has 0 unspecified atom stereocenters. The van der Waals surface area contributed by atoms with Crippen molar-refractivity contribution in [3.63, 3.8) is 0 Å². The second kappa shape index (κ2) is 3.00. The van der Waals surface area contributed by atoms with Gasteiger partial charge in [0.1, 0.15) is 0 Å². The molecule has 0 aliphatic rings. The first kappa shape index (κ1) is 9.41. The van der Waals surface area contributed by atoms with E-state index in [4.69, 9.17) is 5.41 Å². The Morgan fingerprint density at radius 1 is 1.20 bits per heavy atom. The first-order chi connectivity index (χ1) is 4.34. The Morgan fingerprint density at radius 3 is 1.70 bits per heavy atom. The smallest absolute Gasteiger partial charge is 0.0366 e. The maximum atomic E-state index is 7.59. The van der Waals surface area contributed by atoms with Crippen LogP contribution in [0.3, 0.4) is 0 Å². The van der Waals surface area contributed by atoms with Crippen molar-refractivity contribution >= 4 is 5.71 Å². The van der Waals surface area contributed by atoms with E-state index >= 15 is 0 Å². The Hall–Kier alpha value is -0.590. The van der Waals surface area contributed by atoms with Crippen LogP contribution in [-0.2, 0) is 0 Å². The number of hydrogen-bond acceptors (Lipinski definition) is 1. The van der Waals surface area contributed by atoms with Gasteiger partial charge < -0.3 is 5.41 Å². The van der Waals surface area contributed by atoms with Crippen LogP contribution in [0.1, 0.15) is 34.6 Å². The van der Waals surface area contributed by atoms with Gasteiger partial charge in [0.2, 0.25) is 0 Å². The van der Waals surface area contributed by atoms with Gasteiger partial charge in [0, 0.05) is 11.1 Å². The average molecular weight is 139 g/mol. The van der Waals surface area contributed by atoms with Gasteiger partial charge in [0.15, 0.2) is 0 Å². The molecule has 58 valence electrons. The van der Waals surface area contributed by atoms with Crippen LogP contribution in [0.15, 0.2) is 11.6 Å². The quantitative estimate of drug-likeness (QED) is 0.540. The van der Waals surface area contributed by atoms with Crippen LogP contribution in [0.4, 0.5) is 0 Å². The summed E-state index contributed by atoms with van der Waals surface area (Å²) < 4.78 is 0. The molecule has 0 rings (SSSR count). The Bertz CT molecular complexity index is 154. The molecule has 0 radical (unpaired) electrons. The highest BCUT2D eigenvalue weighted by molar-refractivity contribution is 5.96. The lowest BCUT2D eigenvalue weighted by Crippen LogP contribution is -2.16. The number of rotatable bonds is 1. The third-order valence-corrected chi connectivity index (χ3v) is 1.24. The van der Waals surface area contributed by atoms with Crippen molar-refractivity contribution in [2.75, 3.05) is 0 Å². The van der Waals surface area contributed by atoms with Gasteiger partial charge in [-0.1, -0.05) is 26.3 Å². The van der Waals surface area contributed by atoms with Gasteiger partial charge in [-0.25, -0.2) is 0 Å². The Balaban J connectivity index is 4.27. The molecular weight excluding hydrogens is 122 g/mol. The van der Waals surface area contributed by atoms with Crippen molar-refractivity contribution in [3.8, 4) is 0 Å².